The molecule has 0 unspecified atom stereocenters. The number of benzene rings is 1. The van der Waals surface area contributed by atoms with E-state index in [-0.39, 0.29) is 0 Å². The molecule has 2 N–H and O–H groups in total. The van der Waals surface area contributed by atoms with Gasteiger partial charge >= 0.3 is 0 Å². The van der Waals surface area contributed by atoms with E-state index in [4.69, 9.17) is 15.6 Å². The van der Waals surface area contributed by atoms with E-state index in [1.54, 1.807) is 7.11 Å². The minimum atomic E-state index is 0.423. The van der Waals surface area contributed by atoms with Crippen LogP contribution in [0, 0.1) is 6.92 Å². The summed E-state index contributed by atoms with van der Waals surface area (Å²) >= 11 is 0. The zero-order valence-electron chi connectivity index (χ0n) is 16.1. The van der Waals surface area contributed by atoms with Crippen LogP contribution in [0.5, 0.6) is 5.75 Å². The lowest BCUT2D eigenvalue weighted by Crippen LogP contribution is -2.20. The van der Waals surface area contributed by atoms with Gasteiger partial charge in [-0.05, 0) is 37.6 Å². The van der Waals surface area contributed by atoms with Gasteiger partial charge in [0.2, 0.25) is 0 Å². The maximum absolute atomic E-state index is 5.75. The van der Waals surface area contributed by atoms with Crippen LogP contribution in [0.3, 0.4) is 0 Å². The molecule has 1 saturated heterocycles. The summed E-state index contributed by atoms with van der Waals surface area (Å²) in [5.74, 6) is 1.43. The highest BCUT2D eigenvalue weighted by Gasteiger charge is 2.28. The molecule has 4 rings (SSSR count). The second-order valence-electron chi connectivity index (χ2n) is 7.26. The van der Waals surface area contributed by atoms with Crippen LogP contribution in [0.1, 0.15) is 29.2 Å². The average Bonchev–Trinajstić information content (AvgIpc) is 3.27. The molecule has 0 radical (unpaired) electrons. The number of aromatic nitrogens is 3. The minimum absolute atomic E-state index is 0.423. The van der Waals surface area contributed by atoms with Crippen molar-refractivity contribution in [3.63, 3.8) is 0 Å². The molecular weight excluding hydrogens is 338 g/mol. The molecular formula is C21H27N5O. The first kappa shape index (κ1) is 17.9. The number of hydrogen-bond donors (Lipinski definition) is 1. The number of nitrogens with two attached hydrogens (primary N) is 1. The number of ether oxygens (including phenoxy) is 1. The summed E-state index contributed by atoms with van der Waals surface area (Å²) in [7, 11) is 1.75. The van der Waals surface area contributed by atoms with Gasteiger partial charge in [0, 0.05) is 42.7 Å². The zero-order valence-corrected chi connectivity index (χ0v) is 16.1. The van der Waals surface area contributed by atoms with Gasteiger partial charge in [0.25, 0.3) is 0 Å². The molecule has 1 aromatic carbocycles. The molecule has 6 heteroatoms. The molecule has 0 aliphatic carbocycles. The summed E-state index contributed by atoms with van der Waals surface area (Å²) in [5.41, 5.74) is 10.3. The Morgan fingerprint density at radius 3 is 2.96 bits per heavy atom. The monoisotopic (exact) mass is 365 g/mol. The topological polar surface area (TPSA) is 69.2 Å². The molecule has 27 heavy (non-hydrogen) atoms. The molecule has 0 amide bonds. The molecule has 1 aliphatic rings. The number of fused-ring (bicyclic) bond motifs is 1. The zero-order chi connectivity index (χ0) is 18.8. The van der Waals surface area contributed by atoms with Crippen molar-refractivity contribution in [2.24, 2.45) is 5.73 Å². The third-order valence-electron chi connectivity index (χ3n) is 5.43. The fourth-order valence-corrected chi connectivity index (χ4v) is 4.18. The fraction of sp³-hybridized carbons (Fsp3) is 0.429. The van der Waals surface area contributed by atoms with E-state index < -0.39 is 0 Å². The summed E-state index contributed by atoms with van der Waals surface area (Å²) < 4.78 is 7.58. The Labute approximate surface area is 159 Å². The highest BCUT2D eigenvalue weighted by molar-refractivity contribution is 5.78. The number of methoxy groups -OCH3 is 1. The van der Waals surface area contributed by atoms with Crippen LogP contribution in [0.4, 0.5) is 0 Å². The van der Waals surface area contributed by atoms with Crippen LogP contribution in [0.2, 0.25) is 0 Å². The summed E-state index contributed by atoms with van der Waals surface area (Å²) in [5, 5.41) is 6.03. The molecule has 2 aromatic heterocycles. The Morgan fingerprint density at radius 1 is 1.26 bits per heavy atom. The number of likely N-dealkylation sites (tertiary alicyclic amines) is 1. The van der Waals surface area contributed by atoms with Crippen LogP contribution in [-0.2, 0) is 13.1 Å². The van der Waals surface area contributed by atoms with E-state index in [1.807, 2.05) is 16.9 Å². The fourth-order valence-electron chi connectivity index (χ4n) is 4.18. The van der Waals surface area contributed by atoms with E-state index in [0.717, 1.165) is 48.5 Å². The standard InChI is InChI=1S/C21H27N5O/c1-15-5-3-6-17(20(15)27-2)14-25-11-8-16(13-25)19-18-7-4-10-23-21(18)26(24-19)12-9-22/h3-7,10,16H,8-9,11-14,22H2,1-2H3/t16-/m1/s1. The van der Waals surface area contributed by atoms with Crippen LogP contribution >= 0.6 is 0 Å². The van der Waals surface area contributed by atoms with Crippen molar-refractivity contribution >= 4 is 11.0 Å². The minimum Gasteiger partial charge on any atom is -0.496 e. The average molecular weight is 365 g/mol. The molecule has 1 aliphatic heterocycles. The number of pyridine rings is 1. The van der Waals surface area contributed by atoms with Crippen molar-refractivity contribution < 1.29 is 4.74 Å². The van der Waals surface area contributed by atoms with Crippen molar-refractivity contribution in [3.8, 4) is 5.75 Å². The van der Waals surface area contributed by atoms with E-state index in [9.17, 15) is 0 Å². The third kappa shape index (κ3) is 3.42. The maximum Gasteiger partial charge on any atom is 0.158 e. The number of aryl methyl sites for hydroxylation is 1. The van der Waals surface area contributed by atoms with Crippen molar-refractivity contribution in [3.05, 3.63) is 53.3 Å². The van der Waals surface area contributed by atoms with Crippen molar-refractivity contribution in [2.75, 3.05) is 26.7 Å². The first-order valence-electron chi connectivity index (χ1n) is 9.57. The molecule has 1 fully saturated rings. The van der Waals surface area contributed by atoms with Crippen LogP contribution < -0.4 is 10.5 Å². The molecule has 0 spiro atoms. The first-order chi connectivity index (χ1) is 13.2. The predicted octanol–water partition coefficient (Wildman–Crippen LogP) is 2.70. The largest absolute Gasteiger partial charge is 0.496 e. The van der Waals surface area contributed by atoms with Gasteiger partial charge in [-0.2, -0.15) is 5.10 Å². The summed E-state index contributed by atoms with van der Waals surface area (Å²) in [4.78, 5) is 7.02. The molecule has 3 heterocycles. The second kappa shape index (κ2) is 7.66. The van der Waals surface area contributed by atoms with E-state index in [0.29, 0.717) is 19.0 Å². The van der Waals surface area contributed by atoms with Crippen LogP contribution in [0.25, 0.3) is 11.0 Å². The quantitative estimate of drug-likeness (QED) is 0.727. The number of rotatable bonds is 6. The van der Waals surface area contributed by atoms with Gasteiger partial charge in [-0.15, -0.1) is 0 Å². The van der Waals surface area contributed by atoms with Crippen molar-refractivity contribution in [1.29, 1.82) is 0 Å². The van der Waals surface area contributed by atoms with E-state index in [2.05, 4.69) is 41.1 Å². The maximum atomic E-state index is 5.75. The predicted molar refractivity (Wildman–Crippen MR) is 107 cm³/mol. The summed E-state index contributed by atoms with van der Waals surface area (Å²) in [6.45, 7) is 6.33. The van der Waals surface area contributed by atoms with Gasteiger partial charge < -0.3 is 10.5 Å². The molecule has 3 aromatic rings. The Morgan fingerprint density at radius 2 is 2.15 bits per heavy atom. The van der Waals surface area contributed by atoms with E-state index in [1.165, 1.54) is 11.1 Å². The van der Waals surface area contributed by atoms with Crippen molar-refractivity contribution in [2.45, 2.75) is 32.4 Å². The SMILES string of the molecule is COc1c(C)cccc1CN1CC[C@@H](c2nn(CCN)c3ncccc23)C1. The van der Waals surface area contributed by atoms with Crippen molar-refractivity contribution in [1.82, 2.24) is 19.7 Å². The van der Waals surface area contributed by atoms with Gasteiger partial charge in [-0.3, -0.25) is 4.90 Å². The first-order valence-corrected chi connectivity index (χ1v) is 9.57. The summed E-state index contributed by atoms with van der Waals surface area (Å²) in [6.07, 6.45) is 2.93. The molecule has 0 bridgehead atoms. The highest BCUT2D eigenvalue weighted by atomic mass is 16.5. The van der Waals surface area contributed by atoms with Gasteiger partial charge in [-0.1, -0.05) is 18.2 Å². The molecule has 6 nitrogen and oxygen atoms in total. The Kier molecular flexibility index (Phi) is 5.09. The molecule has 0 saturated carbocycles. The van der Waals surface area contributed by atoms with E-state index >= 15 is 0 Å². The normalized spacial score (nSPS) is 17.7. The highest BCUT2D eigenvalue weighted by Crippen LogP contribution is 2.33. The Balaban J connectivity index is 1.55. The van der Waals surface area contributed by atoms with Crippen LogP contribution in [-0.4, -0.2) is 46.4 Å². The lowest BCUT2D eigenvalue weighted by molar-refractivity contribution is 0.316. The van der Waals surface area contributed by atoms with Crippen LogP contribution in [0.15, 0.2) is 36.5 Å². The number of para-hydroxylation sites is 1. The van der Waals surface area contributed by atoms with Gasteiger partial charge in [0.15, 0.2) is 5.65 Å². The lowest BCUT2D eigenvalue weighted by atomic mass is 10.0. The van der Waals surface area contributed by atoms with Gasteiger partial charge in [0.1, 0.15) is 5.75 Å². The summed E-state index contributed by atoms with van der Waals surface area (Å²) in [6, 6.07) is 10.5. The lowest BCUT2D eigenvalue weighted by Gasteiger charge is -2.18. The third-order valence-corrected chi connectivity index (χ3v) is 5.43. The smallest absolute Gasteiger partial charge is 0.158 e. The molecule has 142 valence electrons. The Hall–Kier alpha value is -2.44. The Bertz CT molecular complexity index is 935. The van der Waals surface area contributed by atoms with Gasteiger partial charge in [-0.25, -0.2) is 9.67 Å². The number of nitrogens with zero attached hydrogens (tertiary/aromatic N) is 4. The van der Waals surface area contributed by atoms with Gasteiger partial charge in [0.05, 0.1) is 19.3 Å². The second-order valence-corrected chi connectivity index (χ2v) is 7.26. The molecule has 1 atom stereocenters. The number of hydrogen-bond acceptors (Lipinski definition) is 5.